The number of aliphatic hydroxyl groups excluding tert-OH is 1. The Morgan fingerprint density at radius 3 is 2.61 bits per heavy atom. The summed E-state index contributed by atoms with van der Waals surface area (Å²) in [5.41, 5.74) is 5.65. The molecular weight excluding hydrogens is 230 g/mol. The first kappa shape index (κ1) is 15.2. The Morgan fingerprint density at radius 2 is 2.11 bits per heavy atom. The van der Waals surface area contributed by atoms with Crippen LogP contribution in [0.3, 0.4) is 0 Å². The smallest absolute Gasteiger partial charge is 0.314 e. The van der Waals surface area contributed by atoms with E-state index in [-0.39, 0.29) is 24.1 Å². The first-order valence-corrected chi connectivity index (χ1v) is 6.70. The van der Waals surface area contributed by atoms with Crippen molar-refractivity contribution in [2.75, 3.05) is 26.2 Å². The maximum absolute atomic E-state index is 11.4. The van der Waals surface area contributed by atoms with Gasteiger partial charge in [-0.3, -0.25) is 0 Å². The van der Waals surface area contributed by atoms with Crippen LogP contribution in [-0.2, 0) is 0 Å². The zero-order valence-electron chi connectivity index (χ0n) is 11.8. The lowest BCUT2D eigenvalue weighted by molar-refractivity contribution is 0.127. The average Bonchev–Trinajstić information content (AvgIpc) is 2.23. The molecule has 5 heteroatoms. The minimum Gasteiger partial charge on any atom is -0.395 e. The maximum Gasteiger partial charge on any atom is 0.314 e. The molecular formula is C13H27N3O2. The van der Waals surface area contributed by atoms with Gasteiger partial charge in [-0.25, -0.2) is 4.79 Å². The molecule has 0 saturated carbocycles. The van der Waals surface area contributed by atoms with Crippen molar-refractivity contribution < 1.29 is 9.90 Å². The highest BCUT2D eigenvalue weighted by Gasteiger charge is 2.31. The molecule has 0 spiro atoms. The van der Waals surface area contributed by atoms with Crippen LogP contribution in [0.4, 0.5) is 4.79 Å². The fourth-order valence-corrected chi connectivity index (χ4v) is 2.81. The van der Waals surface area contributed by atoms with E-state index >= 15 is 0 Å². The molecule has 5 nitrogen and oxygen atoms in total. The minimum absolute atomic E-state index is 0.122. The van der Waals surface area contributed by atoms with Crippen molar-refractivity contribution in [3.63, 3.8) is 0 Å². The van der Waals surface area contributed by atoms with E-state index in [4.69, 9.17) is 10.8 Å². The molecule has 0 radical (unpaired) electrons. The van der Waals surface area contributed by atoms with Gasteiger partial charge in [0, 0.05) is 25.7 Å². The lowest BCUT2D eigenvalue weighted by atomic mass is 9.80. The second-order valence-electron chi connectivity index (χ2n) is 6.48. The van der Waals surface area contributed by atoms with Gasteiger partial charge in [-0.1, -0.05) is 20.8 Å². The van der Waals surface area contributed by atoms with E-state index in [1.165, 1.54) is 0 Å². The number of nitrogens with one attached hydrogen (secondary N) is 1. The Morgan fingerprint density at radius 1 is 1.44 bits per heavy atom. The number of hydrogen-bond donors (Lipinski definition) is 3. The molecule has 1 aliphatic heterocycles. The zero-order valence-corrected chi connectivity index (χ0v) is 11.8. The predicted octanol–water partition coefficient (Wildman–Crippen LogP) is 0.774. The van der Waals surface area contributed by atoms with Gasteiger partial charge >= 0.3 is 6.03 Å². The Bertz CT molecular complexity index is 276. The van der Waals surface area contributed by atoms with Gasteiger partial charge in [0.15, 0.2) is 0 Å². The second-order valence-corrected chi connectivity index (χ2v) is 6.48. The fourth-order valence-electron chi connectivity index (χ4n) is 2.81. The highest BCUT2D eigenvalue weighted by atomic mass is 16.3. The SMILES string of the molecule is CC(C)(C)CC1CC(NCCO)CN(C(N)=O)C1. The number of nitrogens with zero attached hydrogens (tertiary/aromatic N) is 1. The number of rotatable bonds is 4. The summed E-state index contributed by atoms with van der Waals surface area (Å²) in [6, 6.07) is -0.102. The normalized spacial score (nSPS) is 25.2. The summed E-state index contributed by atoms with van der Waals surface area (Å²) in [4.78, 5) is 13.1. The summed E-state index contributed by atoms with van der Waals surface area (Å²) in [6.45, 7) is 8.74. The van der Waals surface area contributed by atoms with Crippen molar-refractivity contribution in [3.05, 3.63) is 0 Å². The van der Waals surface area contributed by atoms with Gasteiger partial charge in [0.1, 0.15) is 0 Å². The number of amides is 2. The van der Waals surface area contributed by atoms with Gasteiger partial charge in [0.05, 0.1) is 6.61 Å². The van der Waals surface area contributed by atoms with Crippen LogP contribution in [0.5, 0.6) is 0 Å². The summed E-state index contributed by atoms with van der Waals surface area (Å²) in [5, 5.41) is 12.1. The molecule has 2 unspecified atom stereocenters. The standard InChI is InChI=1S/C13H27N3O2/c1-13(2,3)7-10-6-11(15-4-5-17)9-16(8-10)12(14)18/h10-11,15,17H,4-9H2,1-3H3,(H2,14,18). The third-order valence-corrected chi connectivity index (χ3v) is 3.29. The monoisotopic (exact) mass is 257 g/mol. The number of carbonyl (C=O) groups excluding carboxylic acids is 1. The summed E-state index contributed by atoms with van der Waals surface area (Å²) in [7, 11) is 0. The van der Waals surface area contributed by atoms with E-state index in [2.05, 4.69) is 26.1 Å². The van der Waals surface area contributed by atoms with Crippen LogP contribution in [0, 0.1) is 11.3 Å². The van der Waals surface area contributed by atoms with Crippen molar-refractivity contribution in [2.45, 2.75) is 39.7 Å². The number of nitrogens with two attached hydrogens (primary N) is 1. The zero-order chi connectivity index (χ0) is 13.8. The molecule has 0 aliphatic carbocycles. The molecule has 1 aliphatic rings. The molecule has 0 aromatic heterocycles. The van der Waals surface area contributed by atoms with Crippen LogP contribution < -0.4 is 11.1 Å². The predicted molar refractivity (Wildman–Crippen MR) is 72.2 cm³/mol. The van der Waals surface area contributed by atoms with Gasteiger partial charge in [0.2, 0.25) is 0 Å². The van der Waals surface area contributed by atoms with E-state index in [9.17, 15) is 4.79 Å². The molecule has 0 aromatic carbocycles. The van der Waals surface area contributed by atoms with Crippen molar-refractivity contribution in [1.82, 2.24) is 10.2 Å². The highest BCUT2D eigenvalue weighted by molar-refractivity contribution is 5.72. The maximum atomic E-state index is 11.4. The number of aliphatic hydroxyl groups is 1. The summed E-state index contributed by atoms with van der Waals surface area (Å²) in [5.74, 6) is 0.474. The molecule has 1 heterocycles. The third-order valence-electron chi connectivity index (χ3n) is 3.29. The first-order valence-electron chi connectivity index (χ1n) is 6.70. The van der Waals surface area contributed by atoms with Crippen molar-refractivity contribution in [3.8, 4) is 0 Å². The van der Waals surface area contributed by atoms with Crippen LogP contribution in [-0.4, -0.2) is 48.3 Å². The van der Waals surface area contributed by atoms with Gasteiger partial charge in [0.25, 0.3) is 0 Å². The van der Waals surface area contributed by atoms with Crippen LogP contribution in [0.2, 0.25) is 0 Å². The number of piperidine rings is 1. The molecule has 4 N–H and O–H groups in total. The minimum atomic E-state index is -0.343. The second kappa shape index (κ2) is 6.38. The van der Waals surface area contributed by atoms with E-state index in [0.29, 0.717) is 19.0 Å². The van der Waals surface area contributed by atoms with E-state index in [1.807, 2.05) is 0 Å². The topological polar surface area (TPSA) is 78.6 Å². The van der Waals surface area contributed by atoms with Crippen LogP contribution >= 0.6 is 0 Å². The Balaban J connectivity index is 2.59. The quantitative estimate of drug-likeness (QED) is 0.696. The summed E-state index contributed by atoms with van der Waals surface area (Å²) < 4.78 is 0. The number of primary amides is 1. The van der Waals surface area contributed by atoms with Crippen molar-refractivity contribution in [1.29, 1.82) is 0 Å². The third kappa shape index (κ3) is 5.23. The van der Waals surface area contributed by atoms with E-state index in [0.717, 1.165) is 19.4 Å². The molecule has 1 saturated heterocycles. The highest BCUT2D eigenvalue weighted by Crippen LogP contribution is 2.30. The largest absolute Gasteiger partial charge is 0.395 e. The molecule has 18 heavy (non-hydrogen) atoms. The van der Waals surface area contributed by atoms with Crippen LogP contribution in [0.15, 0.2) is 0 Å². The molecule has 2 amide bonds. The van der Waals surface area contributed by atoms with Gasteiger partial charge in [-0.15, -0.1) is 0 Å². The van der Waals surface area contributed by atoms with E-state index in [1.54, 1.807) is 4.90 Å². The molecule has 1 fully saturated rings. The number of urea groups is 1. The number of likely N-dealkylation sites (tertiary alicyclic amines) is 1. The average molecular weight is 257 g/mol. The first-order chi connectivity index (χ1) is 8.31. The van der Waals surface area contributed by atoms with Crippen molar-refractivity contribution >= 4 is 6.03 Å². The molecule has 0 bridgehead atoms. The molecule has 2 atom stereocenters. The summed E-state index contributed by atoms with van der Waals surface area (Å²) >= 11 is 0. The van der Waals surface area contributed by atoms with Crippen LogP contribution in [0.1, 0.15) is 33.6 Å². The molecule has 106 valence electrons. The fraction of sp³-hybridized carbons (Fsp3) is 0.923. The van der Waals surface area contributed by atoms with Gasteiger partial charge < -0.3 is 21.1 Å². The van der Waals surface area contributed by atoms with Crippen molar-refractivity contribution in [2.24, 2.45) is 17.1 Å². The van der Waals surface area contributed by atoms with Gasteiger partial charge in [-0.05, 0) is 24.2 Å². The number of hydrogen-bond acceptors (Lipinski definition) is 3. The summed E-state index contributed by atoms with van der Waals surface area (Å²) in [6.07, 6.45) is 2.12. The van der Waals surface area contributed by atoms with Gasteiger partial charge in [-0.2, -0.15) is 0 Å². The molecule has 1 rings (SSSR count). The van der Waals surface area contributed by atoms with E-state index < -0.39 is 0 Å². The number of carbonyl (C=O) groups is 1. The molecule has 0 aromatic rings. The Kier molecular flexibility index (Phi) is 5.41. The Labute approximate surface area is 110 Å². The lowest BCUT2D eigenvalue weighted by Crippen LogP contribution is -2.53. The lowest BCUT2D eigenvalue weighted by Gasteiger charge is -2.39. The van der Waals surface area contributed by atoms with Crippen LogP contribution in [0.25, 0.3) is 0 Å². The Hall–Kier alpha value is -0.810.